The van der Waals surface area contributed by atoms with E-state index in [1.54, 1.807) is 49.4 Å². The Morgan fingerprint density at radius 1 is 1.23 bits per heavy atom. The fourth-order valence-corrected chi connectivity index (χ4v) is 3.87. The normalized spacial score (nSPS) is 17.8. The molecule has 0 aliphatic carbocycles. The molecule has 0 radical (unpaired) electrons. The molecule has 2 aromatic rings. The number of aryl methyl sites for hydroxylation is 1. The summed E-state index contributed by atoms with van der Waals surface area (Å²) < 4.78 is 10.4. The van der Waals surface area contributed by atoms with Crippen LogP contribution in [0.15, 0.2) is 42.6 Å². The average Bonchev–Trinajstić information content (AvgIpc) is 3.18. The molecule has 1 aliphatic heterocycles. The number of esters is 1. The second-order valence-corrected chi connectivity index (χ2v) is 7.76. The lowest BCUT2D eigenvalue weighted by atomic mass is 9.93. The van der Waals surface area contributed by atoms with E-state index in [1.165, 1.54) is 19.1 Å². The second-order valence-electron chi connectivity index (χ2n) is 7.76. The van der Waals surface area contributed by atoms with E-state index in [2.05, 4.69) is 4.98 Å². The van der Waals surface area contributed by atoms with Gasteiger partial charge in [-0.2, -0.15) is 0 Å². The molecule has 8 nitrogen and oxygen atoms in total. The Morgan fingerprint density at radius 3 is 2.58 bits per heavy atom. The van der Waals surface area contributed by atoms with Gasteiger partial charge in [0.1, 0.15) is 5.75 Å². The van der Waals surface area contributed by atoms with Gasteiger partial charge in [-0.15, -0.1) is 0 Å². The average molecular weight is 425 g/mol. The highest BCUT2D eigenvalue weighted by Gasteiger charge is 2.48. The van der Waals surface area contributed by atoms with E-state index in [4.69, 9.17) is 9.47 Å². The van der Waals surface area contributed by atoms with Crippen LogP contribution in [0.5, 0.6) is 5.75 Å². The van der Waals surface area contributed by atoms with Gasteiger partial charge in [0.2, 0.25) is 11.8 Å². The first-order chi connectivity index (χ1) is 14.7. The monoisotopic (exact) mass is 425 g/mol. The summed E-state index contributed by atoms with van der Waals surface area (Å²) >= 11 is 0. The maximum absolute atomic E-state index is 13.4. The van der Waals surface area contributed by atoms with E-state index in [1.807, 2.05) is 19.1 Å². The van der Waals surface area contributed by atoms with Crippen molar-refractivity contribution in [1.29, 1.82) is 0 Å². The van der Waals surface area contributed by atoms with Crippen LogP contribution in [0, 0.1) is 12.8 Å². The fraction of sp³-hybridized carbons (Fsp3) is 0.391. The molecule has 2 heterocycles. The lowest BCUT2D eigenvalue weighted by molar-refractivity contribution is -0.162. The third-order valence-corrected chi connectivity index (χ3v) is 5.85. The molecule has 8 heteroatoms. The van der Waals surface area contributed by atoms with Crippen LogP contribution in [0.3, 0.4) is 0 Å². The Hall–Kier alpha value is -3.42. The number of likely N-dealkylation sites (N-methyl/N-ethyl adjacent to an activating group) is 1. The lowest BCUT2D eigenvalue weighted by Crippen LogP contribution is -2.53. The summed E-state index contributed by atoms with van der Waals surface area (Å²) in [5.41, 5.74) is 0.568. The van der Waals surface area contributed by atoms with Crippen LogP contribution in [-0.4, -0.2) is 55.5 Å². The number of hydrogen-bond acceptors (Lipinski definition) is 6. The zero-order valence-electron chi connectivity index (χ0n) is 18.4. The molecule has 0 spiro atoms. The number of anilines is 1. The smallest absolute Gasteiger partial charge is 0.337 e. The predicted octanol–water partition coefficient (Wildman–Crippen LogP) is 2.30. The first kappa shape index (κ1) is 22.3. The number of nitrogens with zero attached hydrogens (tertiary/aromatic N) is 3. The van der Waals surface area contributed by atoms with Crippen LogP contribution >= 0.6 is 0 Å². The molecular weight excluding hydrogens is 398 g/mol. The SMILES string of the molecule is COC(=O)[C@@](C)(c1ccccn1)N(C)C(=O)[C@H]1CC(=O)N(c2cc(C)ccc2OC)C1. The molecule has 0 unspecified atom stereocenters. The third-order valence-electron chi connectivity index (χ3n) is 5.85. The van der Waals surface area contributed by atoms with Gasteiger partial charge >= 0.3 is 5.97 Å². The van der Waals surface area contributed by atoms with Crippen molar-refractivity contribution in [3.05, 3.63) is 53.9 Å². The Morgan fingerprint density at radius 2 is 1.97 bits per heavy atom. The summed E-state index contributed by atoms with van der Waals surface area (Å²) in [5, 5.41) is 0. The molecular formula is C23H27N3O5. The zero-order valence-corrected chi connectivity index (χ0v) is 18.4. The summed E-state index contributed by atoms with van der Waals surface area (Å²) in [4.78, 5) is 46.1. The number of rotatable bonds is 6. The largest absolute Gasteiger partial charge is 0.495 e. The number of carbonyl (C=O) groups is 3. The van der Waals surface area contributed by atoms with Crippen LogP contribution in [0.1, 0.15) is 24.6 Å². The molecule has 1 saturated heterocycles. The topological polar surface area (TPSA) is 89.0 Å². The van der Waals surface area contributed by atoms with Gasteiger partial charge in [0.15, 0.2) is 5.54 Å². The van der Waals surface area contributed by atoms with Gasteiger partial charge in [0, 0.05) is 26.2 Å². The highest BCUT2D eigenvalue weighted by atomic mass is 16.5. The van der Waals surface area contributed by atoms with E-state index in [9.17, 15) is 14.4 Å². The Balaban J connectivity index is 1.90. The van der Waals surface area contributed by atoms with Crippen molar-refractivity contribution in [2.45, 2.75) is 25.8 Å². The number of ether oxygens (including phenoxy) is 2. The number of hydrogen-bond donors (Lipinski definition) is 0. The van der Waals surface area contributed by atoms with Crippen molar-refractivity contribution in [1.82, 2.24) is 9.88 Å². The van der Waals surface area contributed by atoms with E-state index < -0.39 is 17.4 Å². The van der Waals surface area contributed by atoms with Gasteiger partial charge in [-0.3, -0.25) is 14.6 Å². The van der Waals surface area contributed by atoms with Crippen LogP contribution in [-0.2, 0) is 24.7 Å². The van der Waals surface area contributed by atoms with Crippen molar-refractivity contribution >= 4 is 23.5 Å². The van der Waals surface area contributed by atoms with Crippen LogP contribution in [0.25, 0.3) is 0 Å². The van der Waals surface area contributed by atoms with E-state index in [0.29, 0.717) is 17.1 Å². The molecule has 2 amide bonds. The standard InChI is InChI=1S/C23H27N3O5/c1-15-9-10-18(30-4)17(12-15)26-14-16(13-20(26)27)21(28)25(3)23(2,22(29)31-5)19-8-6-7-11-24-19/h6-12,16H,13-14H2,1-5H3/t16-,23+/m0/s1. The Bertz CT molecular complexity index is 994. The predicted molar refractivity (Wildman–Crippen MR) is 115 cm³/mol. The molecule has 31 heavy (non-hydrogen) atoms. The molecule has 1 aromatic carbocycles. The summed E-state index contributed by atoms with van der Waals surface area (Å²) in [5.74, 6) is -1.17. The summed E-state index contributed by atoms with van der Waals surface area (Å²) in [6.45, 7) is 3.72. The van der Waals surface area contributed by atoms with Gasteiger partial charge in [-0.25, -0.2) is 4.79 Å². The number of carbonyl (C=O) groups excluding carboxylic acids is 3. The Labute approximate surface area is 181 Å². The van der Waals surface area contributed by atoms with Crippen molar-refractivity contribution in [2.24, 2.45) is 5.92 Å². The molecule has 0 saturated carbocycles. The van der Waals surface area contributed by atoms with Crippen LogP contribution in [0.2, 0.25) is 0 Å². The number of pyridine rings is 1. The summed E-state index contributed by atoms with van der Waals surface area (Å²) in [7, 11) is 4.35. The molecule has 1 aromatic heterocycles. The molecule has 0 N–H and O–H groups in total. The molecule has 1 aliphatic rings. The minimum absolute atomic E-state index is 0.0414. The number of amides is 2. The number of benzene rings is 1. The van der Waals surface area contributed by atoms with Crippen molar-refractivity contribution in [3.8, 4) is 5.75 Å². The van der Waals surface area contributed by atoms with Gasteiger partial charge in [0.25, 0.3) is 0 Å². The highest BCUT2D eigenvalue weighted by Crippen LogP contribution is 2.36. The maximum atomic E-state index is 13.4. The summed E-state index contributed by atoms with van der Waals surface area (Å²) in [6.07, 6.45) is 1.60. The Kier molecular flexibility index (Phi) is 6.29. The minimum Gasteiger partial charge on any atom is -0.495 e. The van der Waals surface area contributed by atoms with E-state index >= 15 is 0 Å². The first-order valence-corrected chi connectivity index (χ1v) is 9.96. The van der Waals surface area contributed by atoms with E-state index in [-0.39, 0.29) is 24.8 Å². The third kappa shape index (κ3) is 3.97. The molecule has 0 bridgehead atoms. The van der Waals surface area contributed by atoms with Crippen LogP contribution in [0.4, 0.5) is 5.69 Å². The second kappa shape index (κ2) is 8.75. The number of aromatic nitrogens is 1. The number of methoxy groups -OCH3 is 2. The maximum Gasteiger partial charge on any atom is 0.337 e. The van der Waals surface area contributed by atoms with Crippen molar-refractivity contribution < 1.29 is 23.9 Å². The highest BCUT2D eigenvalue weighted by molar-refractivity contribution is 6.02. The van der Waals surface area contributed by atoms with Gasteiger partial charge in [-0.05, 0) is 43.7 Å². The van der Waals surface area contributed by atoms with Crippen molar-refractivity contribution in [3.63, 3.8) is 0 Å². The quantitative estimate of drug-likeness (QED) is 0.660. The molecule has 1 fully saturated rings. The molecule has 3 rings (SSSR count). The van der Waals surface area contributed by atoms with Gasteiger partial charge < -0.3 is 19.3 Å². The van der Waals surface area contributed by atoms with E-state index in [0.717, 1.165) is 5.56 Å². The van der Waals surface area contributed by atoms with Gasteiger partial charge in [0.05, 0.1) is 31.5 Å². The summed E-state index contributed by atoms with van der Waals surface area (Å²) in [6, 6.07) is 10.7. The molecule has 2 atom stereocenters. The van der Waals surface area contributed by atoms with Crippen LogP contribution < -0.4 is 9.64 Å². The lowest BCUT2D eigenvalue weighted by Gasteiger charge is -2.37. The zero-order chi connectivity index (χ0) is 22.8. The molecule has 164 valence electrons. The van der Waals surface area contributed by atoms with Gasteiger partial charge in [-0.1, -0.05) is 12.1 Å². The minimum atomic E-state index is -1.43. The first-order valence-electron chi connectivity index (χ1n) is 9.96. The van der Waals surface area contributed by atoms with Crippen molar-refractivity contribution in [2.75, 3.05) is 32.7 Å². The fourth-order valence-electron chi connectivity index (χ4n) is 3.87.